The molecule has 0 aromatic carbocycles. The molecule has 0 spiro atoms. The first kappa shape index (κ1) is 26.1. The second-order valence-electron chi connectivity index (χ2n) is 9.13. The van der Waals surface area contributed by atoms with Gasteiger partial charge in [-0.05, 0) is 32.4 Å². The highest BCUT2D eigenvalue weighted by Crippen LogP contribution is 2.68. The van der Waals surface area contributed by atoms with E-state index in [0.717, 1.165) is 17.1 Å². The number of rotatable bonds is 11. The molecule has 1 aromatic rings. The summed E-state index contributed by atoms with van der Waals surface area (Å²) in [7, 11) is 6.00. The van der Waals surface area contributed by atoms with E-state index in [9.17, 15) is 4.79 Å². The molecule has 0 unspecified atom stereocenters. The van der Waals surface area contributed by atoms with Crippen LogP contribution in [-0.2, 0) is 38.0 Å². The highest BCUT2D eigenvalue weighted by molar-refractivity contribution is 5.77. The van der Waals surface area contributed by atoms with Crippen LogP contribution < -0.4 is 0 Å². The van der Waals surface area contributed by atoms with Crippen LogP contribution in [0.3, 0.4) is 0 Å². The molecule has 33 heavy (non-hydrogen) atoms. The molecule has 9 nitrogen and oxygen atoms in total. The lowest BCUT2D eigenvalue weighted by atomic mass is 9.59. The number of furan rings is 1. The summed E-state index contributed by atoms with van der Waals surface area (Å²) in [5.41, 5.74) is -1.23. The molecule has 188 valence electrons. The van der Waals surface area contributed by atoms with Crippen LogP contribution in [-0.4, -0.2) is 77.5 Å². The molecule has 0 saturated carbocycles. The SMILES string of the molecule is COCCOCO[C@@H]1[C@@H](C)[C@]2([C@@H](C)c3oc(C)cc3C)O[C@@]1(C)[C@H](C(=O)OC)C2(OC)OC. The smallest absolute Gasteiger partial charge is 0.317 e. The van der Waals surface area contributed by atoms with E-state index >= 15 is 0 Å². The first-order valence-corrected chi connectivity index (χ1v) is 11.2. The molecule has 3 heterocycles. The van der Waals surface area contributed by atoms with E-state index in [1.165, 1.54) is 21.3 Å². The van der Waals surface area contributed by atoms with Crippen LogP contribution in [0.4, 0.5) is 0 Å². The number of carbonyl (C=O) groups is 1. The van der Waals surface area contributed by atoms with Gasteiger partial charge in [0.1, 0.15) is 35.4 Å². The van der Waals surface area contributed by atoms with Gasteiger partial charge in [0.05, 0.1) is 26.4 Å². The van der Waals surface area contributed by atoms with E-state index in [-0.39, 0.29) is 18.6 Å². The molecular weight excluding hydrogens is 432 g/mol. The van der Waals surface area contributed by atoms with Gasteiger partial charge in [0.2, 0.25) is 5.79 Å². The van der Waals surface area contributed by atoms with Crippen molar-refractivity contribution in [2.24, 2.45) is 11.8 Å². The average molecular weight is 471 g/mol. The molecule has 2 bridgehead atoms. The minimum Gasteiger partial charge on any atom is -0.469 e. The Labute approximate surface area is 195 Å². The lowest BCUT2D eigenvalue weighted by molar-refractivity contribution is -0.311. The summed E-state index contributed by atoms with van der Waals surface area (Å²) in [5, 5.41) is 0. The molecular formula is C24H38O9. The Morgan fingerprint density at radius 3 is 2.33 bits per heavy atom. The second kappa shape index (κ2) is 9.64. The lowest BCUT2D eigenvalue weighted by Gasteiger charge is -2.52. The first-order chi connectivity index (χ1) is 15.6. The van der Waals surface area contributed by atoms with E-state index < -0.39 is 35.0 Å². The number of fused-ring (bicyclic) bond motifs is 2. The Balaban J connectivity index is 2.11. The van der Waals surface area contributed by atoms with E-state index in [1.54, 1.807) is 7.11 Å². The van der Waals surface area contributed by atoms with Crippen molar-refractivity contribution >= 4 is 5.97 Å². The van der Waals surface area contributed by atoms with Gasteiger partial charge in [-0.2, -0.15) is 0 Å². The van der Waals surface area contributed by atoms with Crippen LogP contribution in [0.25, 0.3) is 0 Å². The second-order valence-corrected chi connectivity index (χ2v) is 9.13. The van der Waals surface area contributed by atoms with Gasteiger partial charge in [-0.25, -0.2) is 0 Å². The third kappa shape index (κ3) is 3.64. The van der Waals surface area contributed by atoms with Gasteiger partial charge in [-0.1, -0.05) is 13.8 Å². The summed E-state index contributed by atoms with van der Waals surface area (Å²) in [6.45, 7) is 10.6. The van der Waals surface area contributed by atoms with Crippen molar-refractivity contribution < 1.29 is 42.4 Å². The average Bonchev–Trinajstić information content (AvgIpc) is 3.34. The van der Waals surface area contributed by atoms with Crippen LogP contribution in [0.2, 0.25) is 0 Å². The van der Waals surface area contributed by atoms with Gasteiger partial charge < -0.3 is 37.6 Å². The fraction of sp³-hybridized carbons (Fsp3) is 0.792. The van der Waals surface area contributed by atoms with E-state index in [0.29, 0.717) is 13.2 Å². The highest BCUT2D eigenvalue weighted by Gasteiger charge is 2.85. The number of carbonyl (C=O) groups excluding carboxylic acids is 1. The summed E-state index contributed by atoms with van der Waals surface area (Å²) in [4.78, 5) is 13.2. The molecule has 0 N–H and O–H groups in total. The Bertz CT molecular complexity index is 832. The van der Waals surface area contributed by atoms with Gasteiger partial charge in [-0.15, -0.1) is 0 Å². The molecule has 2 fully saturated rings. The normalized spacial score (nSPS) is 33.4. The summed E-state index contributed by atoms with van der Waals surface area (Å²) in [6, 6.07) is 1.98. The number of hydrogen-bond acceptors (Lipinski definition) is 9. The molecule has 0 aliphatic carbocycles. The first-order valence-electron chi connectivity index (χ1n) is 11.2. The van der Waals surface area contributed by atoms with Crippen molar-refractivity contribution in [2.75, 3.05) is 48.4 Å². The van der Waals surface area contributed by atoms with Gasteiger partial charge >= 0.3 is 5.97 Å². The molecule has 0 radical (unpaired) electrons. The lowest BCUT2D eigenvalue weighted by Crippen LogP contribution is -2.70. The molecule has 6 atom stereocenters. The molecule has 0 amide bonds. The van der Waals surface area contributed by atoms with Crippen molar-refractivity contribution in [1.82, 2.24) is 0 Å². The van der Waals surface area contributed by atoms with Crippen molar-refractivity contribution in [3.05, 3.63) is 23.2 Å². The zero-order valence-electron chi connectivity index (χ0n) is 21.2. The highest BCUT2D eigenvalue weighted by atomic mass is 16.7. The molecule has 2 saturated heterocycles. The maximum Gasteiger partial charge on any atom is 0.317 e. The minimum absolute atomic E-state index is 0.0293. The molecule has 2 aliphatic heterocycles. The van der Waals surface area contributed by atoms with Crippen molar-refractivity contribution in [3.8, 4) is 0 Å². The van der Waals surface area contributed by atoms with Crippen LogP contribution in [0.5, 0.6) is 0 Å². The fourth-order valence-corrected chi connectivity index (χ4v) is 6.30. The van der Waals surface area contributed by atoms with Crippen LogP contribution in [0.15, 0.2) is 10.5 Å². The van der Waals surface area contributed by atoms with Gasteiger partial charge in [0, 0.05) is 33.2 Å². The third-order valence-electron chi connectivity index (χ3n) is 7.50. The molecule has 9 heteroatoms. The number of esters is 1. The van der Waals surface area contributed by atoms with Crippen molar-refractivity contribution in [3.63, 3.8) is 0 Å². The summed E-state index contributed by atoms with van der Waals surface area (Å²) in [5.74, 6) is -1.89. The Morgan fingerprint density at radius 2 is 1.82 bits per heavy atom. The predicted molar refractivity (Wildman–Crippen MR) is 118 cm³/mol. The Kier molecular flexibility index (Phi) is 7.63. The van der Waals surface area contributed by atoms with Crippen molar-refractivity contribution in [2.45, 2.75) is 63.6 Å². The van der Waals surface area contributed by atoms with Gasteiger partial charge in [0.25, 0.3) is 0 Å². The maximum atomic E-state index is 13.2. The zero-order valence-corrected chi connectivity index (χ0v) is 21.2. The van der Waals surface area contributed by atoms with Crippen LogP contribution in [0, 0.1) is 25.7 Å². The van der Waals surface area contributed by atoms with E-state index in [4.69, 9.17) is 37.6 Å². The number of methoxy groups -OCH3 is 4. The third-order valence-corrected chi connectivity index (χ3v) is 7.50. The summed E-state index contributed by atoms with van der Waals surface area (Å²) < 4.78 is 47.1. The van der Waals surface area contributed by atoms with Gasteiger partial charge in [-0.3, -0.25) is 4.79 Å². The standard InChI is InChI=1S/C24H38O9/c1-14-12-15(2)32-18(14)16(3)23-17(4)20(31-13-30-11-10-26-6)22(5,33-23)19(21(25)27-7)24(23,28-8)29-9/h12,16-17,19-20H,10-11,13H2,1-9H3/t16-,17+,19-,20+,22-,23-/m0/s1. The summed E-state index contributed by atoms with van der Waals surface area (Å²) >= 11 is 0. The zero-order chi connectivity index (χ0) is 24.6. The Hall–Kier alpha value is -1.49. The predicted octanol–water partition coefficient (Wildman–Crippen LogP) is 2.96. The van der Waals surface area contributed by atoms with E-state index in [2.05, 4.69) is 0 Å². The topological polar surface area (TPSA) is 94.8 Å². The maximum absolute atomic E-state index is 13.2. The van der Waals surface area contributed by atoms with Crippen LogP contribution in [0.1, 0.15) is 43.8 Å². The fourth-order valence-electron chi connectivity index (χ4n) is 6.30. The number of aryl methyl sites for hydroxylation is 2. The monoisotopic (exact) mass is 470 g/mol. The summed E-state index contributed by atoms with van der Waals surface area (Å²) in [6.07, 6.45) is -0.499. The molecule has 3 rings (SSSR count). The Morgan fingerprint density at radius 1 is 1.15 bits per heavy atom. The van der Waals surface area contributed by atoms with Gasteiger partial charge in [0.15, 0.2) is 0 Å². The van der Waals surface area contributed by atoms with Crippen LogP contribution >= 0.6 is 0 Å². The number of hydrogen-bond donors (Lipinski definition) is 0. The molecule has 2 aliphatic rings. The largest absolute Gasteiger partial charge is 0.469 e. The quantitative estimate of drug-likeness (QED) is 0.275. The van der Waals surface area contributed by atoms with E-state index in [1.807, 2.05) is 40.7 Å². The minimum atomic E-state index is -1.43. The number of ether oxygens (including phenoxy) is 7. The molecule has 1 aromatic heterocycles. The van der Waals surface area contributed by atoms with Crippen molar-refractivity contribution in [1.29, 1.82) is 0 Å².